The predicted octanol–water partition coefficient (Wildman–Crippen LogP) is 3.44. The summed E-state index contributed by atoms with van der Waals surface area (Å²) in [4.78, 5) is 26.7. The molecule has 0 saturated carbocycles. The monoisotopic (exact) mass is 373 g/mol. The van der Waals surface area contributed by atoms with Crippen molar-refractivity contribution in [2.24, 2.45) is 0 Å². The van der Waals surface area contributed by atoms with Gasteiger partial charge >= 0.3 is 0 Å². The molecule has 1 aromatic carbocycles. The molecule has 3 rings (SSSR count). The first-order chi connectivity index (χ1) is 12.0. The van der Waals surface area contributed by atoms with Gasteiger partial charge < -0.3 is 10.2 Å². The van der Waals surface area contributed by atoms with Gasteiger partial charge in [-0.2, -0.15) is 5.26 Å². The van der Waals surface area contributed by atoms with E-state index in [9.17, 15) is 14.9 Å². The van der Waals surface area contributed by atoms with Gasteiger partial charge in [0.1, 0.15) is 16.4 Å². The number of hydrogen-bond donors (Lipinski definition) is 1. The van der Waals surface area contributed by atoms with Crippen LogP contribution in [0.3, 0.4) is 0 Å². The topological polar surface area (TPSA) is 73.2 Å². The van der Waals surface area contributed by atoms with Crippen molar-refractivity contribution < 1.29 is 9.59 Å². The number of hydrogen-bond acceptors (Lipinski definition) is 4. The van der Waals surface area contributed by atoms with Crippen LogP contribution in [0.15, 0.2) is 30.3 Å². The Labute approximate surface area is 154 Å². The van der Waals surface area contributed by atoms with Crippen LogP contribution in [0.4, 0.5) is 5.00 Å². The number of anilines is 1. The molecule has 0 bridgehead atoms. The fourth-order valence-electron chi connectivity index (χ4n) is 2.83. The number of amides is 2. The van der Waals surface area contributed by atoms with Crippen molar-refractivity contribution in [3.05, 3.63) is 51.9 Å². The molecule has 1 aliphatic heterocycles. The van der Waals surface area contributed by atoms with Gasteiger partial charge in [-0.05, 0) is 17.5 Å². The van der Waals surface area contributed by atoms with Crippen molar-refractivity contribution in [1.82, 2.24) is 4.90 Å². The summed E-state index contributed by atoms with van der Waals surface area (Å²) >= 11 is 7.59. The van der Waals surface area contributed by atoms with E-state index >= 15 is 0 Å². The van der Waals surface area contributed by atoms with Crippen LogP contribution >= 0.6 is 22.9 Å². The van der Waals surface area contributed by atoms with Gasteiger partial charge in [-0.1, -0.05) is 30.3 Å². The number of halogens is 1. The number of thiophene rings is 1. The Morgan fingerprint density at radius 3 is 2.72 bits per heavy atom. The van der Waals surface area contributed by atoms with E-state index in [1.165, 1.54) is 18.3 Å². The fraction of sp³-hybridized carbons (Fsp3) is 0.278. The minimum atomic E-state index is -0.833. The van der Waals surface area contributed by atoms with Crippen LogP contribution in [0.5, 0.6) is 0 Å². The van der Waals surface area contributed by atoms with Crippen molar-refractivity contribution in [2.45, 2.75) is 25.3 Å². The summed E-state index contributed by atoms with van der Waals surface area (Å²) in [5.41, 5.74) is 2.10. The van der Waals surface area contributed by atoms with Crippen LogP contribution in [0, 0.1) is 11.3 Å². The molecule has 1 aromatic heterocycles. The molecule has 0 fully saturated rings. The van der Waals surface area contributed by atoms with Crippen LogP contribution < -0.4 is 5.32 Å². The smallest absolute Gasteiger partial charge is 0.247 e. The first-order valence-electron chi connectivity index (χ1n) is 7.81. The quantitative estimate of drug-likeness (QED) is 0.837. The van der Waals surface area contributed by atoms with E-state index in [2.05, 4.69) is 11.4 Å². The molecule has 1 atom stereocenters. The lowest BCUT2D eigenvalue weighted by molar-refractivity contribution is -0.129. The number of nitrogens with one attached hydrogen (secondary N) is 1. The summed E-state index contributed by atoms with van der Waals surface area (Å²) < 4.78 is 0. The predicted molar refractivity (Wildman–Crippen MR) is 97.5 cm³/mol. The minimum Gasteiger partial charge on any atom is -0.337 e. The molecule has 5 nitrogen and oxygen atoms in total. The number of rotatable bonds is 3. The van der Waals surface area contributed by atoms with Crippen molar-refractivity contribution >= 4 is 39.8 Å². The van der Waals surface area contributed by atoms with Crippen LogP contribution in [-0.2, 0) is 22.6 Å². The number of carbonyl (C=O) groups is 2. The molecule has 2 heterocycles. The Morgan fingerprint density at radius 2 is 2.08 bits per heavy atom. The molecule has 2 amide bonds. The summed E-state index contributed by atoms with van der Waals surface area (Å²) in [6.07, 6.45) is 0.618. The van der Waals surface area contributed by atoms with Crippen LogP contribution in [0.1, 0.15) is 33.9 Å². The average Bonchev–Trinajstić information content (AvgIpc) is 2.97. The number of fused-ring (bicyclic) bond motifs is 1. The van der Waals surface area contributed by atoms with Crippen molar-refractivity contribution in [3.63, 3.8) is 0 Å². The Morgan fingerprint density at radius 1 is 1.36 bits per heavy atom. The number of benzene rings is 1. The second kappa shape index (κ2) is 7.26. The zero-order valence-electron chi connectivity index (χ0n) is 13.6. The first kappa shape index (κ1) is 17.5. The van der Waals surface area contributed by atoms with Gasteiger partial charge in [-0.3, -0.25) is 9.59 Å². The third kappa shape index (κ3) is 3.53. The number of nitrogens with zero attached hydrogens (tertiary/aromatic N) is 2. The third-order valence-corrected chi connectivity index (χ3v) is 5.76. The Bertz CT molecular complexity index is 857. The molecule has 1 aliphatic rings. The summed E-state index contributed by atoms with van der Waals surface area (Å²) in [5.74, 6) is -0.362. The van der Waals surface area contributed by atoms with Crippen LogP contribution in [-0.4, -0.2) is 23.3 Å². The molecule has 0 unspecified atom stereocenters. The third-order valence-electron chi connectivity index (χ3n) is 4.17. The zero-order valence-corrected chi connectivity index (χ0v) is 15.2. The largest absolute Gasteiger partial charge is 0.337 e. The van der Waals surface area contributed by atoms with Crippen molar-refractivity contribution in [1.29, 1.82) is 5.26 Å². The standard InChI is InChI=1S/C18H16ClN3O2S/c1-11(23)22-8-7-13-14(9-20)18(25-15(13)10-22)21-17(24)16(19)12-5-3-2-4-6-12/h2-6,16H,7-8,10H2,1H3,(H,21,24)/t16-/m0/s1. The van der Waals surface area contributed by atoms with E-state index in [0.717, 1.165) is 10.4 Å². The van der Waals surface area contributed by atoms with Gasteiger partial charge in [0.05, 0.1) is 12.1 Å². The molecule has 25 heavy (non-hydrogen) atoms. The maximum atomic E-state index is 12.5. The normalized spacial score (nSPS) is 14.4. The minimum absolute atomic E-state index is 0.00745. The van der Waals surface area contributed by atoms with Gasteiger partial charge in [0.25, 0.3) is 0 Å². The van der Waals surface area contributed by atoms with Crippen molar-refractivity contribution in [3.8, 4) is 6.07 Å². The molecule has 0 aliphatic carbocycles. The number of nitriles is 1. The van der Waals surface area contributed by atoms with Gasteiger partial charge in [-0.15, -0.1) is 22.9 Å². The zero-order chi connectivity index (χ0) is 18.0. The fourth-order valence-corrected chi connectivity index (χ4v) is 4.24. The number of carbonyl (C=O) groups excluding carboxylic acids is 2. The van der Waals surface area contributed by atoms with Crippen LogP contribution in [0.2, 0.25) is 0 Å². The summed E-state index contributed by atoms with van der Waals surface area (Å²) in [7, 11) is 0. The van der Waals surface area contributed by atoms with E-state index < -0.39 is 5.38 Å². The van der Waals surface area contributed by atoms with Gasteiger partial charge in [-0.25, -0.2) is 0 Å². The molecule has 128 valence electrons. The highest BCUT2D eigenvalue weighted by atomic mass is 35.5. The first-order valence-corrected chi connectivity index (χ1v) is 9.06. The SMILES string of the molecule is CC(=O)N1CCc2c(sc(NC(=O)[C@@H](Cl)c3ccccc3)c2C#N)C1. The highest BCUT2D eigenvalue weighted by Gasteiger charge is 2.27. The van der Waals surface area contributed by atoms with E-state index in [4.69, 9.17) is 11.6 Å². The Hall–Kier alpha value is -2.36. The molecule has 2 aromatic rings. The van der Waals surface area contributed by atoms with Crippen LogP contribution in [0.25, 0.3) is 0 Å². The maximum absolute atomic E-state index is 12.5. The van der Waals surface area contributed by atoms with E-state index in [1.54, 1.807) is 17.0 Å². The molecule has 0 saturated heterocycles. The Kier molecular flexibility index (Phi) is 5.07. The molecule has 0 radical (unpaired) electrons. The number of alkyl halides is 1. The molecule has 1 N–H and O–H groups in total. The van der Waals surface area contributed by atoms with E-state index in [0.29, 0.717) is 35.6 Å². The molecule has 7 heteroatoms. The summed E-state index contributed by atoms with van der Waals surface area (Å²) in [5, 5.41) is 12.0. The molecular weight excluding hydrogens is 358 g/mol. The summed E-state index contributed by atoms with van der Waals surface area (Å²) in [6.45, 7) is 2.59. The summed E-state index contributed by atoms with van der Waals surface area (Å²) in [6, 6.07) is 11.2. The molecule has 0 spiro atoms. The molecular formula is C18H16ClN3O2S. The maximum Gasteiger partial charge on any atom is 0.247 e. The lowest BCUT2D eigenvalue weighted by Crippen LogP contribution is -2.33. The van der Waals surface area contributed by atoms with Gasteiger partial charge in [0, 0.05) is 18.3 Å². The van der Waals surface area contributed by atoms with Gasteiger partial charge in [0.15, 0.2) is 0 Å². The average molecular weight is 374 g/mol. The van der Waals surface area contributed by atoms with Gasteiger partial charge in [0.2, 0.25) is 11.8 Å². The Balaban J connectivity index is 1.83. The second-order valence-electron chi connectivity index (χ2n) is 5.77. The lowest BCUT2D eigenvalue weighted by atomic mass is 10.0. The second-order valence-corrected chi connectivity index (χ2v) is 7.31. The highest BCUT2D eigenvalue weighted by Crippen LogP contribution is 2.37. The lowest BCUT2D eigenvalue weighted by Gasteiger charge is -2.25. The van der Waals surface area contributed by atoms with E-state index in [1.807, 2.05) is 18.2 Å². The van der Waals surface area contributed by atoms with E-state index in [-0.39, 0.29) is 11.8 Å². The van der Waals surface area contributed by atoms with Crippen molar-refractivity contribution in [2.75, 3.05) is 11.9 Å². The highest BCUT2D eigenvalue weighted by molar-refractivity contribution is 7.16.